The Balaban J connectivity index is 1.79. The maximum Gasteiger partial charge on any atom is 0.340 e. The van der Waals surface area contributed by atoms with Crippen LogP contribution in [0.2, 0.25) is 0 Å². The zero-order chi connectivity index (χ0) is 23.5. The number of nitrogens with zero attached hydrogens (tertiary/aromatic N) is 1. The third-order valence-electron chi connectivity index (χ3n) is 5.47. The van der Waals surface area contributed by atoms with E-state index in [4.69, 9.17) is 9.47 Å². The van der Waals surface area contributed by atoms with Crippen molar-refractivity contribution in [2.45, 2.75) is 25.2 Å². The Bertz CT molecular complexity index is 1090. The molecule has 0 saturated carbocycles. The lowest BCUT2D eigenvalue weighted by molar-refractivity contribution is 0.0601. The molecule has 0 spiro atoms. The predicted molar refractivity (Wildman–Crippen MR) is 120 cm³/mol. The summed E-state index contributed by atoms with van der Waals surface area (Å²) in [7, 11) is -0.918. The number of rotatable bonds is 6. The van der Waals surface area contributed by atoms with Gasteiger partial charge in [0.05, 0.1) is 30.4 Å². The van der Waals surface area contributed by atoms with Crippen molar-refractivity contribution in [1.29, 1.82) is 0 Å². The summed E-state index contributed by atoms with van der Waals surface area (Å²) in [5, 5.41) is 2.67. The second kappa shape index (κ2) is 9.70. The highest BCUT2D eigenvalue weighted by Crippen LogP contribution is 2.27. The minimum absolute atomic E-state index is 0.146. The van der Waals surface area contributed by atoms with Crippen molar-refractivity contribution in [2.24, 2.45) is 11.8 Å². The fourth-order valence-corrected chi connectivity index (χ4v) is 5.64. The van der Waals surface area contributed by atoms with E-state index in [0.29, 0.717) is 30.7 Å². The molecular weight excluding hydrogens is 432 g/mol. The number of hydrogen-bond donors (Lipinski definition) is 1. The van der Waals surface area contributed by atoms with E-state index in [1.807, 2.05) is 13.8 Å². The molecule has 0 aliphatic carbocycles. The summed E-state index contributed by atoms with van der Waals surface area (Å²) in [6.45, 7) is 5.08. The van der Waals surface area contributed by atoms with E-state index in [2.05, 4.69) is 5.32 Å². The minimum atomic E-state index is -3.63. The molecule has 2 aromatic rings. The number of methoxy groups -OCH3 is 2. The lowest BCUT2D eigenvalue weighted by Gasteiger charge is -2.34. The van der Waals surface area contributed by atoms with E-state index in [1.54, 1.807) is 12.1 Å². The van der Waals surface area contributed by atoms with Crippen LogP contribution in [0.3, 0.4) is 0 Å². The van der Waals surface area contributed by atoms with Crippen LogP contribution in [0.15, 0.2) is 47.4 Å². The molecule has 2 aromatic carbocycles. The SMILES string of the molecule is COC(=O)c1cc(OC)ccc1NC(=O)c1ccc(S(=O)(=O)N2CC(C)CC(C)C2)cc1. The van der Waals surface area contributed by atoms with Gasteiger partial charge < -0.3 is 14.8 Å². The monoisotopic (exact) mass is 460 g/mol. The van der Waals surface area contributed by atoms with Crippen molar-refractivity contribution in [3.63, 3.8) is 0 Å². The largest absolute Gasteiger partial charge is 0.497 e. The molecule has 1 aliphatic heterocycles. The lowest BCUT2D eigenvalue weighted by Crippen LogP contribution is -2.42. The van der Waals surface area contributed by atoms with Crippen LogP contribution in [-0.4, -0.2) is 51.9 Å². The first kappa shape index (κ1) is 23.7. The number of hydrogen-bond acceptors (Lipinski definition) is 6. The summed E-state index contributed by atoms with van der Waals surface area (Å²) in [6, 6.07) is 10.4. The van der Waals surface area contributed by atoms with Crippen molar-refractivity contribution in [3.8, 4) is 5.75 Å². The Kier molecular flexibility index (Phi) is 7.20. The topological polar surface area (TPSA) is 102 Å². The predicted octanol–water partition coefficient (Wildman–Crippen LogP) is 3.40. The minimum Gasteiger partial charge on any atom is -0.497 e. The van der Waals surface area contributed by atoms with Gasteiger partial charge in [0.15, 0.2) is 0 Å². The average Bonchev–Trinajstić information content (AvgIpc) is 2.78. The van der Waals surface area contributed by atoms with Crippen molar-refractivity contribution < 1.29 is 27.5 Å². The van der Waals surface area contributed by atoms with Crippen LogP contribution in [0.5, 0.6) is 5.75 Å². The molecule has 1 N–H and O–H groups in total. The zero-order valence-electron chi connectivity index (χ0n) is 18.6. The molecule has 9 heteroatoms. The number of sulfonamides is 1. The smallest absolute Gasteiger partial charge is 0.340 e. The van der Waals surface area contributed by atoms with Crippen LogP contribution >= 0.6 is 0 Å². The normalized spacial score (nSPS) is 19.2. The number of esters is 1. The first-order valence-corrected chi connectivity index (χ1v) is 11.8. The van der Waals surface area contributed by atoms with E-state index in [1.165, 1.54) is 48.9 Å². The van der Waals surface area contributed by atoms with Gasteiger partial charge in [0.25, 0.3) is 5.91 Å². The van der Waals surface area contributed by atoms with Crippen LogP contribution < -0.4 is 10.1 Å². The molecule has 1 amide bonds. The van der Waals surface area contributed by atoms with Gasteiger partial charge in [0.1, 0.15) is 5.75 Å². The number of amides is 1. The fourth-order valence-electron chi connectivity index (χ4n) is 3.96. The van der Waals surface area contributed by atoms with Crippen LogP contribution in [0, 0.1) is 11.8 Å². The molecule has 172 valence electrons. The molecule has 1 heterocycles. The van der Waals surface area contributed by atoms with Crippen LogP contribution in [0.25, 0.3) is 0 Å². The average molecular weight is 461 g/mol. The van der Waals surface area contributed by atoms with Gasteiger partial charge in [0.2, 0.25) is 10.0 Å². The van der Waals surface area contributed by atoms with Gasteiger partial charge in [-0.25, -0.2) is 13.2 Å². The lowest BCUT2D eigenvalue weighted by atomic mass is 9.94. The Hall–Kier alpha value is -2.91. The van der Waals surface area contributed by atoms with Gasteiger partial charge in [-0.1, -0.05) is 13.8 Å². The van der Waals surface area contributed by atoms with Crippen LogP contribution in [0.1, 0.15) is 41.0 Å². The van der Waals surface area contributed by atoms with Gasteiger partial charge in [-0.2, -0.15) is 4.31 Å². The number of ether oxygens (including phenoxy) is 2. The summed E-state index contributed by atoms with van der Waals surface area (Å²) < 4.78 is 37.5. The molecule has 2 unspecified atom stereocenters. The van der Waals surface area contributed by atoms with E-state index < -0.39 is 21.9 Å². The molecule has 8 nitrogen and oxygen atoms in total. The maximum atomic E-state index is 13.0. The van der Waals surface area contributed by atoms with Gasteiger partial charge in [-0.05, 0) is 60.7 Å². The number of carbonyl (C=O) groups is 2. The van der Waals surface area contributed by atoms with E-state index in [-0.39, 0.29) is 21.7 Å². The highest BCUT2D eigenvalue weighted by molar-refractivity contribution is 7.89. The number of carbonyl (C=O) groups excluding carboxylic acids is 2. The Morgan fingerprint density at radius 1 is 1.00 bits per heavy atom. The molecule has 2 atom stereocenters. The van der Waals surface area contributed by atoms with Gasteiger partial charge in [-0.3, -0.25) is 4.79 Å². The van der Waals surface area contributed by atoms with Gasteiger partial charge in [-0.15, -0.1) is 0 Å². The molecule has 0 bridgehead atoms. The van der Waals surface area contributed by atoms with Crippen molar-refractivity contribution in [3.05, 3.63) is 53.6 Å². The highest BCUT2D eigenvalue weighted by Gasteiger charge is 2.31. The number of piperidine rings is 1. The maximum absolute atomic E-state index is 13.0. The third kappa shape index (κ3) is 5.11. The van der Waals surface area contributed by atoms with Crippen molar-refractivity contribution in [1.82, 2.24) is 4.31 Å². The third-order valence-corrected chi connectivity index (χ3v) is 7.32. The summed E-state index contributed by atoms with van der Waals surface area (Å²) in [5.41, 5.74) is 0.666. The zero-order valence-corrected chi connectivity index (χ0v) is 19.4. The Labute approximate surface area is 188 Å². The number of nitrogens with one attached hydrogen (secondary N) is 1. The first-order chi connectivity index (χ1) is 15.1. The van der Waals surface area contributed by atoms with Gasteiger partial charge in [0, 0.05) is 18.7 Å². The van der Waals surface area contributed by atoms with Crippen molar-refractivity contribution in [2.75, 3.05) is 32.6 Å². The van der Waals surface area contributed by atoms with Crippen LogP contribution in [0.4, 0.5) is 5.69 Å². The molecule has 1 fully saturated rings. The van der Waals surface area contributed by atoms with E-state index in [9.17, 15) is 18.0 Å². The molecule has 3 rings (SSSR count). The molecule has 1 aliphatic rings. The standard InChI is InChI=1S/C23H28N2O6S/c1-15-11-16(2)14-25(13-15)32(28,29)19-8-5-17(6-9-19)22(26)24-21-10-7-18(30-3)12-20(21)23(27)31-4/h5-10,12,15-16H,11,13-14H2,1-4H3,(H,24,26). The Morgan fingerprint density at radius 2 is 1.62 bits per heavy atom. The van der Waals surface area contributed by atoms with Gasteiger partial charge >= 0.3 is 5.97 Å². The Morgan fingerprint density at radius 3 is 2.19 bits per heavy atom. The van der Waals surface area contributed by atoms with Crippen molar-refractivity contribution >= 4 is 27.6 Å². The summed E-state index contributed by atoms with van der Waals surface area (Å²) in [4.78, 5) is 24.9. The second-order valence-electron chi connectivity index (χ2n) is 8.15. The van der Waals surface area contributed by atoms with Crippen LogP contribution in [-0.2, 0) is 14.8 Å². The fraction of sp³-hybridized carbons (Fsp3) is 0.391. The number of benzene rings is 2. The first-order valence-electron chi connectivity index (χ1n) is 10.3. The molecule has 0 radical (unpaired) electrons. The summed E-state index contributed by atoms with van der Waals surface area (Å²) >= 11 is 0. The molecule has 0 aromatic heterocycles. The quantitative estimate of drug-likeness (QED) is 0.663. The highest BCUT2D eigenvalue weighted by atomic mass is 32.2. The summed E-state index contributed by atoms with van der Waals surface area (Å²) in [5.74, 6) is -0.0615. The molecule has 1 saturated heterocycles. The van der Waals surface area contributed by atoms with E-state index in [0.717, 1.165) is 6.42 Å². The summed E-state index contributed by atoms with van der Waals surface area (Å²) in [6.07, 6.45) is 1.00. The van der Waals surface area contributed by atoms with E-state index >= 15 is 0 Å². The second-order valence-corrected chi connectivity index (χ2v) is 10.1. The molecular formula is C23H28N2O6S. The molecule has 32 heavy (non-hydrogen) atoms. The number of anilines is 1.